The number of nitrogens with zero attached hydrogens (tertiary/aromatic N) is 1. The zero-order valence-electron chi connectivity index (χ0n) is 15.1. The molecule has 5 rings (SSSR count). The minimum Gasteiger partial charge on any atom is -0.349 e. The minimum atomic E-state index is -0.101. The fourth-order valence-electron chi connectivity index (χ4n) is 6.36. The van der Waals surface area contributed by atoms with Crippen molar-refractivity contribution in [1.29, 1.82) is 0 Å². The second-order valence-corrected chi connectivity index (χ2v) is 9.64. The molecule has 0 radical (unpaired) electrons. The van der Waals surface area contributed by atoms with Crippen LogP contribution in [-0.2, 0) is 4.79 Å². The number of quaternary nitrogens is 1. The second kappa shape index (κ2) is 6.24. The van der Waals surface area contributed by atoms with Crippen LogP contribution in [-0.4, -0.2) is 49.1 Å². The van der Waals surface area contributed by atoms with E-state index in [0.29, 0.717) is 11.2 Å². The predicted molar refractivity (Wildman–Crippen MR) is 98.8 cm³/mol. The lowest BCUT2D eigenvalue weighted by Gasteiger charge is -2.55. The molecule has 1 heterocycles. The highest BCUT2D eigenvalue weighted by molar-refractivity contribution is 7.80. The molecule has 4 aliphatic carbocycles. The Balaban J connectivity index is 1.38. The van der Waals surface area contributed by atoms with Crippen molar-refractivity contribution in [1.82, 2.24) is 10.2 Å². The molecule has 1 saturated heterocycles. The van der Waals surface area contributed by atoms with Crippen LogP contribution in [0.4, 0.5) is 0 Å². The van der Waals surface area contributed by atoms with Crippen molar-refractivity contribution in [3.05, 3.63) is 0 Å². The molecule has 5 aliphatic rings. The van der Waals surface area contributed by atoms with Crippen LogP contribution in [0.3, 0.4) is 0 Å². The zero-order chi connectivity index (χ0) is 16.9. The number of nitrogens with one attached hydrogen (secondary N) is 2. The Morgan fingerprint density at radius 1 is 1.08 bits per heavy atom. The van der Waals surface area contributed by atoms with Crippen LogP contribution >= 0.6 is 12.2 Å². The van der Waals surface area contributed by atoms with E-state index in [-0.39, 0.29) is 11.3 Å². The Morgan fingerprint density at radius 2 is 1.58 bits per heavy atom. The maximum absolute atomic E-state index is 13.1. The molecule has 134 valence electrons. The van der Waals surface area contributed by atoms with Crippen molar-refractivity contribution in [3.63, 3.8) is 0 Å². The first kappa shape index (κ1) is 16.8. The molecule has 4 saturated carbocycles. The summed E-state index contributed by atoms with van der Waals surface area (Å²) in [5.74, 6) is 2.62. The van der Waals surface area contributed by atoms with Crippen molar-refractivity contribution in [2.75, 3.05) is 27.2 Å². The first-order valence-corrected chi connectivity index (χ1v) is 10.3. The van der Waals surface area contributed by atoms with Gasteiger partial charge in [-0.1, -0.05) is 0 Å². The normalized spacial score (nSPS) is 43.5. The molecule has 4 bridgehead atoms. The molecule has 5 heteroatoms. The third-order valence-corrected chi connectivity index (χ3v) is 7.81. The molecule has 4 nitrogen and oxygen atoms in total. The van der Waals surface area contributed by atoms with Crippen molar-refractivity contribution < 1.29 is 9.69 Å². The number of hydrogen-bond donors (Lipinski definition) is 2. The predicted octanol–water partition coefficient (Wildman–Crippen LogP) is 1.21. The van der Waals surface area contributed by atoms with Crippen LogP contribution in [0.5, 0.6) is 0 Å². The summed E-state index contributed by atoms with van der Waals surface area (Å²) in [6, 6.07) is 0.484. The quantitative estimate of drug-likeness (QED) is 0.735. The number of hydrogen-bond acceptors (Lipinski definition) is 2. The van der Waals surface area contributed by atoms with Gasteiger partial charge in [-0.3, -0.25) is 4.79 Å². The van der Waals surface area contributed by atoms with Gasteiger partial charge in [-0.2, -0.15) is 0 Å². The van der Waals surface area contributed by atoms with Gasteiger partial charge in [-0.25, -0.2) is 0 Å². The topological polar surface area (TPSA) is 36.8 Å². The summed E-state index contributed by atoms with van der Waals surface area (Å²) in [6.07, 6.45) is 9.75. The molecular weight excluding hydrogens is 318 g/mol. The van der Waals surface area contributed by atoms with E-state index in [2.05, 4.69) is 24.3 Å². The highest BCUT2D eigenvalue weighted by Crippen LogP contribution is 2.60. The van der Waals surface area contributed by atoms with E-state index in [0.717, 1.165) is 49.9 Å². The van der Waals surface area contributed by atoms with Crippen LogP contribution in [0.2, 0.25) is 0 Å². The van der Waals surface area contributed by atoms with Gasteiger partial charge in [0.2, 0.25) is 5.91 Å². The third-order valence-electron chi connectivity index (χ3n) is 7.42. The Morgan fingerprint density at radius 3 is 2.08 bits per heavy atom. The fourth-order valence-corrected chi connectivity index (χ4v) is 6.60. The van der Waals surface area contributed by atoms with Crippen molar-refractivity contribution in [2.45, 2.75) is 57.4 Å². The van der Waals surface area contributed by atoms with Gasteiger partial charge in [0.25, 0.3) is 0 Å². The molecule has 2 N–H and O–H groups in total. The summed E-state index contributed by atoms with van der Waals surface area (Å²) < 4.78 is 0. The molecule has 0 spiro atoms. The van der Waals surface area contributed by atoms with Crippen LogP contribution in [0.25, 0.3) is 0 Å². The first-order valence-electron chi connectivity index (χ1n) is 9.85. The van der Waals surface area contributed by atoms with Crippen LogP contribution in [0, 0.1) is 23.2 Å². The van der Waals surface area contributed by atoms with E-state index >= 15 is 0 Å². The average molecular weight is 351 g/mol. The highest BCUT2D eigenvalue weighted by atomic mass is 32.1. The largest absolute Gasteiger partial charge is 0.349 e. The van der Waals surface area contributed by atoms with Crippen LogP contribution in [0.1, 0.15) is 51.4 Å². The molecule has 0 aromatic heterocycles. The molecule has 1 amide bonds. The molecule has 0 aromatic rings. The number of thiocarbonyl (C=S) groups is 1. The lowest BCUT2D eigenvalue weighted by atomic mass is 9.49. The minimum absolute atomic E-state index is 0.101. The standard InChI is InChI=1S/C19H31N3OS/c1-21-5-3-16(4-6-21)22(2)18(24)20-17(23)19-10-13-7-14(11-19)9-15(8-13)12-19/h13-16H,3-12H2,1-2H3,(H,20,23,24)/p+1. The Labute approximate surface area is 151 Å². The van der Waals surface area contributed by atoms with Gasteiger partial charge in [0.1, 0.15) is 0 Å². The molecule has 1 aliphatic heterocycles. The van der Waals surface area contributed by atoms with Gasteiger partial charge < -0.3 is 15.1 Å². The number of piperidine rings is 1. The van der Waals surface area contributed by atoms with Gasteiger partial charge in [0, 0.05) is 25.9 Å². The molecule has 0 atom stereocenters. The van der Waals surface area contributed by atoms with Crippen molar-refractivity contribution >= 4 is 23.2 Å². The van der Waals surface area contributed by atoms with Gasteiger partial charge in [-0.05, 0) is 68.5 Å². The maximum Gasteiger partial charge on any atom is 0.232 e. The molecule has 0 unspecified atom stereocenters. The Hall–Kier alpha value is -0.680. The zero-order valence-corrected chi connectivity index (χ0v) is 16.0. The van der Waals surface area contributed by atoms with Crippen molar-refractivity contribution in [2.24, 2.45) is 23.2 Å². The lowest BCUT2D eigenvalue weighted by molar-refractivity contribution is -0.885. The molecule has 24 heavy (non-hydrogen) atoms. The van der Waals surface area contributed by atoms with E-state index < -0.39 is 0 Å². The van der Waals surface area contributed by atoms with E-state index in [9.17, 15) is 4.79 Å². The maximum atomic E-state index is 13.1. The number of likely N-dealkylation sites (tertiary alicyclic amines) is 1. The van der Waals surface area contributed by atoms with Gasteiger partial charge >= 0.3 is 0 Å². The van der Waals surface area contributed by atoms with Gasteiger partial charge in [-0.15, -0.1) is 0 Å². The highest BCUT2D eigenvalue weighted by Gasteiger charge is 2.54. The average Bonchev–Trinajstić information content (AvgIpc) is 2.53. The van der Waals surface area contributed by atoms with E-state index in [4.69, 9.17) is 12.2 Å². The first-order chi connectivity index (χ1) is 11.4. The Kier molecular flexibility index (Phi) is 4.36. The number of carbonyl (C=O) groups excluding carboxylic acids is 1. The number of amides is 1. The third kappa shape index (κ3) is 2.98. The van der Waals surface area contributed by atoms with Crippen LogP contribution in [0.15, 0.2) is 0 Å². The Bertz CT molecular complexity index is 491. The SMILES string of the molecule is CN(C(=S)NC(=O)C12CC3CC(CC(C3)C1)C2)C1CC[NH+](C)CC1. The summed E-state index contributed by atoms with van der Waals surface area (Å²) in [5.41, 5.74) is -0.101. The van der Waals surface area contributed by atoms with Gasteiger partial charge in [0.05, 0.1) is 25.6 Å². The van der Waals surface area contributed by atoms with E-state index in [1.54, 1.807) is 4.90 Å². The fraction of sp³-hybridized carbons (Fsp3) is 0.895. The van der Waals surface area contributed by atoms with E-state index in [1.807, 2.05) is 0 Å². The second-order valence-electron chi connectivity index (χ2n) is 9.26. The van der Waals surface area contributed by atoms with Gasteiger partial charge in [0.15, 0.2) is 5.11 Å². The molecular formula is C19H32N3OS+. The molecule has 0 aromatic carbocycles. The summed E-state index contributed by atoms with van der Waals surface area (Å²) >= 11 is 5.61. The van der Waals surface area contributed by atoms with E-state index in [1.165, 1.54) is 32.4 Å². The monoisotopic (exact) mass is 350 g/mol. The summed E-state index contributed by atoms with van der Waals surface area (Å²) in [6.45, 7) is 2.39. The summed E-state index contributed by atoms with van der Waals surface area (Å²) in [4.78, 5) is 16.9. The van der Waals surface area contributed by atoms with Crippen molar-refractivity contribution in [3.8, 4) is 0 Å². The summed E-state index contributed by atoms with van der Waals surface area (Å²) in [5, 5.41) is 3.81. The summed E-state index contributed by atoms with van der Waals surface area (Å²) in [7, 11) is 4.32. The van der Waals surface area contributed by atoms with Crippen LogP contribution < -0.4 is 10.2 Å². The number of rotatable bonds is 2. The number of carbonyl (C=O) groups is 1. The molecule has 5 fully saturated rings. The smallest absolute Gasteiger partial charge is 0.232 e. The lowest BCUT2D eigenvalue weighted by Crippen LogP contribution is -3.10.